The molecule has 1 heterocycles. The van der Waals surface area contributed by atoms with Gasteiger partial charge < -0.3 is 10.0 Å². The zero-order valence-electron chi connectivity index (χ0n) is 12.8. The first-order valence-corrected chi connectivity index (χ1v) is 7.77. The van der Waals surface area contributed by atoms with E-state index >= 15 is 0 Å². The molecule has 3 nitrogen and oxygen atoms in total. The maximum atomic E-state index is 10.5. The molecule has 3 heteroatoms. The van der Waals surface area contributed by atoms with E-state index in [1.165, 1.54) is 12.0 Å². The summed E-state index contributed by atoms with van der Waals surface area (Å²) in [5.74, 6) is 0. The van der Waals surface area contributed by atoms with Crippen molar-refractivity contribution in [3.05, 3.63) is 35.9 Å². The molecule has 112 valence electrons. The van der Waals surface area contributed by atoms with Crippen molar-refractivity contribution in [3.8, 4) is 0 Å². The molecule has 0 bridgehead atoms. The molecule has 2 rings (SSSR count). The van der Waals surface area contributed by atoms with Crippen LogP contribution in [0.15, 0.2) is 30.3 Å². The normalized spacial score (nSPS) is 23.4. The second-order valence-electron chi connectivity index (χ2n) is 6.11. The van der Waals surface area contributed by atoms with Gasteiger partial charge in [-0.25, -0.2) is 0 Å². The Morgan fingerprint density at radius 2 is 1.95 bits per heavy atom. The van der Waals surface area contributed by atoms with Crippen LogP contribution in [0.25, 0.3) is 0 Å². The van der Waals surface area contributed by atoms with Crippen LogP contribution in [0.3, 0.4) is 0 Å². The van der Waals surface area contributed by atoms with Gasteiger partial charge >= 0.3 is 0 Å². The summed E-state index contributed by atoms with van der Waals surface area (Å²) in [6, 6.07) is 10.8. The molecule has 0 saturated carbocycles. The Bertz CT molecular complexity index is 382. The van der Waals surface area contributed by atoms with Gasteiger partial charge in [-0.1, -0.05) is 30.3 Å². The van der Waals surface area contributed by atoms with Gasteiger partial charge in [0.15, 0.2) is 0 Å². The Morgan fingerprint density at radius 1 is 1.20 bits per heavy atom. The van der Waals surface area contributed by atoms with Crippen LogP contribution < -0.4 is 0 Å². The van der Waals surface area contributed by atoms with Gasteiger partial charge in [0.1, 0.15) is 0 Å². The predicted molar refractivity (Wildman–Crippen MR) is 83.9 cm³/mol. The summed E-state index contributed by atoms with van der Waals surface area (Å²) in [4.78, 5) is 4.67. The second-order valence-corrected chi connectivity index (χ2v) is 6.11. The van der Waals surface area contributed by atoms with Gasteiger partial charge in [0.2, 0.25) is 0 Å². The molecule has 0 spiro atoms. The van der Waals surface area contributed by atoms with E-state index in [4.69, 9.17) is 0 Å². The minimum Gasteiger partial charge on any atom is -0.391 e. The number of nitrogens with zero attached hydrogens (tertiary/aromatic N) is 2. The molecule has 2 atom stereocenters. The second kappa shape index (κ2) is 7.77. The summed E-state index contributed by atoms with van der Waals surface area (Å²) < 4.78 is 0. The molecule has 1 N–H and O–H groups in total. The van der Waals surface area contributed by atoms with Gasteiger partial charge in [-0.05, 0) is 58.4 Å². The minimum atomic E-state index is -0.218. The lowest BCUT2D eigenvalue weighted by atomic mass is 10.0. The molecule has 0 amide bonds. The van der Waals surface area contributed by atoms with Crippen LogP contribution in [-0.2, 0) is 6.42 Å². The van der Waals surface area contributed by atoms with Gasteiger partial charge in [0, 0.05) is 12.6 Å². The van der Waals surface area contributed by atoms with E-state index in [0.717, 1.165) is 38.9 Å². The number of hydrogen-bond acceptors (Lipinski definition) is 3. The number of benzene rings is 1. The van der Waals surface area contributed by atoms with Crippen molar-refractivity contribution in [2.24, 2.45) is 0 Å². The summed E-state index contributed by atoms with van der Waals surface area (Å²) >= 11 is 0. The van der Waals surface area contributed by atoms with E-state index in [-0.39, 0.29) is 12.1 Å². The van der Waals surface area contributed by atoms with E-state index in [0.29, 0.717) is 0 Å². The average Bonchev–Trinajstić information content (AvgIpc) is 2.61. The van der Waals surface area contributed by atoms with Crippen molar-refractivity contribution < 1.29 is 5.11 Å². The van der Waals surface area contributed by atoms with Crippen molar-refractivity contribution in [3.63, 3.8) is 0 Å². The van der Waals surface area contributed by atoms with E-state index in [2.05, 4.69) is 54.2 Å². The predicted octanol–water partition coefficient (Wildman–Crippen LogP) is 2.01. The Kier molecular flexibility index (Phi) is 6.02. The van der Waals surface area contributed by atoms with Crippen LogP contribution in [0.5, 0.6) is 0 Å². The molecule has 0 aliphatic carbocycles. The summed E-state index contributed by atoms with van der Waals surface area (Å²) in [5.41, 5.74) is 1.37. The maximum absolute atomic E-state index is 10.5. The molecule has 1 aliphatic heterocycles. The average molecular weight is 276 g/mol. The maximum Gasteiger partial charge on any atom is 0.0707 e. The Hall–Kier alpha value is -0.900. The van der Waals surface area contributed by atoms with E-state index < -0.39 is 0 Å². The van der Waals surface area contributed by atoms with Crippen molar-refractivity contribution in [1.82, 2.24) is 9.80 Å². The molecule has 2 unspecified atom stereocenters. The molecular weight excluding hydrogens is 248 g/mol. The lowest BCUT2D eigenvalue weighted by Gasteiger charge is -2.31. The van der Waals surface area contributed by atoms with Crippen molar-refractivity contribution in [2.75, 3.05) is 33.7 Å². The largest absolute Gasteiger partial charge is 0.391 e. The Labute approximate surface area is 123 Å². The SMILES string of the molecule is CN1CCCN(C)C(C(O)CCCc2ccccc2)C1. The molecule has 1 saturated heterocycles. The fraction of sp³-hybridized carbons (Fsp3) is 0.647. The molecular formula is C17H28N2O. The van der Waals surface area contributed by atoms with E-state index in [9.17, 15) is 5.11 Å². The van der Waals surface area contributed by atoms with E-state index in [1.807, 2.05) is 0 Å². The third kappa shape index (κ3) is 4.58. The van der Waals surface area contributed by atoms with Crippen LogP contribution in [0, 0.1) is 0 Å². The minimum absolute atomic E-state index is 0.218. The zero-order valence-corrected chi connectivity index (χ0v) is 12.8. The van der Waals surface area contributed by atoms with Gasteiger partial charge in [-0.3, -0.25) is 4.90 Å². The van der Waals surface area contributed by atoms with Crippen LogP contribution in [-0.4, -0.2) is 60.8 Å². The lowest BCUT2D eigenvalue weighted by Crippen LogP contribution is -2.46. The van der Waals surface area contributed by atoms with Gasteiger partial charge in [0.25, 0.3) is 0 Å². The number of aryl methyl sites for hydroxylation is 1. The van der Waals surface area contributed by atoms with Gasteiger partial charge in [-0.2, -0.15) is 0 Å². The first-order valence-electron chi connectivity index (χ1n) is 7.77. The first-order chi connectivity index (χ1) is 9.66. The standard InChI is InChI=1S/C17H28N2O/c1-18-12-7-13-19(2)16(14-18)17(20)11-6-10-15-8-4-3-5-9-15/h3-5,8-9,16-17,20H,6-7,10-14H2,1-2H3. The van der Waals surface area contributed by atoms with Crippen LogP contribution in [0.1, 0.15) is 24.8 Å². The third-order valence-electron chi connectivity index (χ3n) is 4.37. The number of aliphatic hydroxyl groups is 1. The summed E-state index contributed by atoms with van der Waals surface area (Å²) in [5, 5.41) is 10.5. The molecule has 20 heavy (non-hydrogen) atoms. The number of rotatable bonds is 5. The van der Waals surface area contributed by atoms with Crippen LogP contribution >= 0.6 is 0 Å². The van der Waals surface area contributed by atoms with E-state index in [1.54, 1.807) is 0 Å². The molecule has 1 aromatic rings. The highest BCUT2D eigenvalue weighted by molar-refractivity contribution is 5.14. The summed E-state index contributed by atoms with van der Waals surface area (Å²) in [6.07, 6.45) is 3.98. The van der Waals surface area contributed by atoms with Crippen LogP contribution in [0.4, 0.5) is 0 Å². The number of likely N-dealkylation sites (N-methyl/N-ethyl adjacent to an activating group) is 2. The summed E-state index contributed by atoms with van der Waals surface area (Å²) in [6.45, 7) is 3.20. The van der Waals surface area contributed by atoms with Crippen molar-refractivity contribution >= 4 is 0 Å². The first kappa shape index (κ1) is 15.5. The number of hydrogen-bond donors (Lipinski definition) is 1. The summed E-state index contributed by atoms with van der Waals surface area (Å²) in [7, 11) is 4.30. The molecule has 1 fully saturated rings. The monoisotopic (exact) mass is 276 g/mol. The Balaban J connectivity index is 1.79. The highest BCUT2D eigenvalue weighted by Crippen LogP contribution is 2.15. The lowest BCUT2D eigenvalue weighted by molar-refractivity contribution is 0.0506. The molecule has 0 aromatic heterocycles. The number of aliphatic hydroxyl groups excluding tert-OH is 1. The van der Waals surface area contributed by atoms with Crippen LogP contribution in [0.2, 0.25) is 0 Å². The van der Waals surface area contributed by atoms with Crippen molar-refractivity contribution in [2.45, 2.75) is 37.8 Å². The fourth-order valence-electron chi connectivity index (χ4n) is 3.07. The highest BCUT2D eigenvalue weighted by Gasteiger charge is 2.26. The topological polar surface area (TPSA) is 26.7 Å². The zero-order chi connectivity index (χ0) is 14.4. The fourth-order valence-corrected chi connectivity index (χ4v) is 3.07. The highest BCUT2D eigenvalue weighted by atomic mass is 16.3. The smallest absolute Gasteiger partial charge is 0.0707 e. The van der Waals surface area contributed by atoms with Crippen molar-refractivity contribution in [1.29, 1.82) is 0 Å². The quantitative estimate of drug-likeness (QED) is 0.891. The molecule has 1 aromatic carbocycles. The van der Waals surface area contributed by atoms with Gasteiger partial charge in [-0.15, -0.1) is 0 Å². The third-order valence-corrected chi connectivity index (χ3v) is 4.37. The molecule has 1 aliphatic rings. The molecule has 0 radical (unpaired) electrons. The Morgan fingerprint density at radius 3 is 2.70 bits per heavy atom. The van der Waals surface area contributed by atoms with Gasteiger partial charge in [0.05, 0.1) is 6.10 Å².